The molecule has 1 N–H and O–H groups in total. The van der Waals surface area contributed by atoms with Crippen molar-refractivity contribution in [3.05, 3.63) is 40.5 Å². The molecule has 0 bridgehead atoms. The molecule has 30 heavy (non-hydrogen) atoms. The van der Waals surface area contributed by atoms with Crippen LogP contribution < -0.4 is 14.8 Å². The Balaban J connectivity index is 1.34. The number of alkyl halides is 3. The van der Waals surface area contributed by atoms with Gasteiger partial charge >= 0.3 is 6.18 Å². The van der Waals surface area contributed by atoms with Crippen molar-refractivity contribution < 1.29 is 32.2 Å². The van der Waals surface area contributed by atoms with Crippen LogP contribution in [0.5, 0.6) is 11.6 Å². The molecule has 0 fully saturated rings. The number of carbonyl (C=O) groups excluding carboxylic acids is 1. The van der Waals surface area contributed by atoms with Crippen molar-refractivity contribution in [1.82, 2.24) is 15.1 Å². The van der Waals surface area contributed by atoms with Crippen LogP contribution in [-0.4, -0.2) is 53.8 Å². The lowest BCUT2D eigenvalue weighted by molar-refractivity contribution is -0.179. The van der Waals surface area contributed by atoms with Crippen molar-refractivity contribution in [3.63, 3.8) is 0 Å². The minimum Gasteiger partial charge on any atom is -0.491 e. The highest BCUT2D eigenvalue weighted by Gasteiger charge is 2.30. The Morgan fingerprint density at radius 2 is 2.23 bits per heavy atom. The van der Waals surface area contributed by atoms with Crippen LogP contribution in [0.15, 0.2) is 24.3 Å². The number of fused-ring (bicyclic) bond motifs is 2. The first-order valence-corrected chi connectivity index (χ1v) is 9.76. The van der Waals surface area contributed by atoms with Crippen LogP contribution in [0.25, 0.3) is 0 Å². The molecule has 162 valence electrons. The number of benzene rings is 1. The Morgan fingerprint density at radius 3 is 3.03 bits per heavy atom. The van der Waals surface area contributed by atoms with Gasteiger partial charge in [0.1, 0.15) is 25.1 Å². The lowest BCUT2D eigenvalue weighted by atomic mass is 10.0. The van der Waals surface area contributed by atoms with Crippen molar-refractivity contribution in [2.75, 3.05) is 19.8 Å². The zero-order valence-electron chi connectivity index (χ0n) is 15.7. The average molecular weight is 446 g/mol. The molecule has 2 atom stereocenters. The predicted octanol–water partition coefficient (Wildman–Crippen LogP) is 3.00. The zero-order chi connectivity index (χ0) is 21.3. The fourth-order valence-electron chi connectivity index (χ4n) is 3.41. The molecular weight excluding hydrogens is 427 g/mol. The summed E-state index contributed by atoms with van der Waals surface area (Å²) in [6.07, 6.45) is -3.95. The molecule has 4 rings (SSSR count). The zero-order valence-corrected chi connectivity index (χ0v) is 16.5. The predicted molar refractivity (Wildman–Crippen MR) is 100 cm³/mol. The van der Waals surface area contributed by atoms with E-state index in [1.54, 1.807) is 12.1 Å². The second-order valence-corrected chi connectivity index (χ2v) is 7.56. The highest BCUT2D eigenvalue weighted by Crippen LogP contribution is 2.31. The number of ether oxygens (including phenoxy) is 3. The molecule has 11 heteroatoms. The third kappa shape index (κ3) is 4.81. The molecule has 0 aliphatic carbocycles. The number of nitrogens with zero attached hydrogens (tertiary/aromatic N) is 2. The van der Waals surface area contributed by atoms with Gasteiger partial charge < -0.3 is 19.5 Å². The first-order chi connectivity index (χ1) is 14.3. The van der Waals surface area contributed by atoms with Crippen LogP contribution in [0.1, 0.15) is 22.5 Å². The number of halogens is 4. The molecule has 3 heterocycles. The molecular formula is C19H19ClF3N3O4. The fraction of sp³-hybridized carbons (Fsp3) is 0.474. The molecule has 7 nitrogen and oxygen atoms in total. The molecule has 0 saturated heterocycles. The Bertz CT molecular complexity index is 934. The van der Waals surface area contributed by atoms with Crippen molar-refractivity contribution in [2.45, 2.75) is 37.7 Å². The van der Waals surface area contributed by atoms with E-state index >= 15 is 0 Å². The Hall–Kier alpha value is -2.46. The van der Waals surface area contributed by atoms with E-state index in [0.717, 1.165) is 5.56 Å². The van der Waals surface area contributed by atoms with E-state index in [1.165, 1.54) is 10.7 Å². The summed E-state index contributed by atoms with van der Waals surface area (Å²) in [4.78, 5) is 12.6. The number of aromatic nitrogens is 2. The highest BCUT2D eigenvalue weighted by atomic mass is 35.5. The molecule has 1 unspecified atom stereocenters. The summed E-state index contributed by atoms with van der Waals surface area (Å²) in [5, 5.41) is 7.67. The summed E-state index contributed by atoms with van der Waals surface area (Å²) in [5.74, 6) is 0.632. The first-order valence-electron chi connectivity index (χ1n) is 9.38. The van der Waals surface area contributed by atoms with Crippen LogP contribution in [0, 0.1) is 0 Å². The summed E-state index contributed by atoms with van der Waals surface area (Å²) < 4.78 is 54.0. The van der Waals surface area contributed by atoms with Gasteiger partial charge in [0, 0.05) is 36.0 Å². The Labute approximate surface area is 175 Å². The van der Waals surface area contributed by atoms with Crippen molar-refractivity contribution in [1.29, 1.82) is 0 Å². The Morgan fingerprint density at radius 1 is 1.40 bits per heavy atom. The van der Waals surface area contributed by atoms with E-state index < -0.39 is 24.8 Å². The molecule has 2 aliphatic rings. The van der Waals surface area contributed by atoms with Gasteiger partial charge in [-0.3, -0.25) is 4.79 Å². The summed E-state index contributed by atoms with van der Waals surface area (Å²) in [6, 6.07) is 6.60. The molecule has 0 spiro atoms. The van der Waals surface area contributed by atoms with Gasteiger partial charge in [-0.25, -0.2) is 4.68 Å². The van der Waals surface area contributed by atoms with Crippen LogP contribution >= 0.6 is 11.6 Å². The van der Waals surface area contributed by atoms with E-state index in [0.29, 0.717) is 42.6 Å². The van der Waals surface area contributed by atoms with Gasteiger partial charge in [-0.2, -0.15) is 18.3 Å². The van der Waals surface area contributed by atoms with Crippen molar-refractivity contribution in [3.8, 4) is 11.6 Å². The Kier molecular flexibility index (Phi) is 5.79. The summed E-state index contributed by atoms with van der Waals surface area (Å²) in [7, 11) is 0. The first kappa shape index (κ1) is 20.8. The molecule has 1 aromatic heterocycles. The molecule has 0 saturated carbocycles. The molecule has 1 aromatic carbocycles. The lowest BCUT2D eigenvalue weighted by Crippen LogP contribution is -2.43. The van der Waals surface area contributed by atoms with Crippen LogP contribution in [-0.2, 0) is 17.7 Å². The third-order valence-electron chi connectivity index (χ3n) is 4.80. The number of hydrogen-bond acceptors (Lipinski definition) is 5. The van der Waals surface area contributed by atoms with E-state index in [2.05, 4.69) is 15.2 Å². The maximum Gasteiger partial charge on any atom is 0.411 e. The van der Waals surface area contributed by atoms with E-state index in [4.69, 9.17) is 21.1 Å². The number of rotatable bonds is 5. The summed E-state index contributed by atoms with van der Waals surface area (Å²) >= 11 is 6.21. The lowest BCUT2D eigenvalue weighted by Gasteiger charge is -2.26. The maximum absolute atomic E-state index is 12.6. The number of amides is 1. The smallest absolute Gasteiger partial charge is 0.411 e. The molecule has 1 amide bonds. The van der Waals surface area contributed by atoms with Gasteiger partial charge in [0.2, 0.25) is 5.88 Å². The van der Waals surface area contributed by atoms with E-state index in [9.17, 15) is 18.0 Å². The highest BCUT2D eigenvalue weighted by molar-refractivity contribution is 6.31. The average Bonchev–Trinajstić information content (AvgIpc) is 3.11. The van der Waals surface area contributed by atoms with Gasteiger partial charge in [0.15, 0.2) is 5.69 Å². The van der Waals surface area contributed by atoms with Crippen LogP contribution in [0.4, 0.5) is 13.2 Å². The number of aryl methyl sites for hydroxylation is 1. The van der Waals surface area contributed by atoms with E-state index in [-0.39, 0.29) is 18.3 Å². The van der Waals surface area contributed by atoms with Crippen LogP contribution in [0.2, 0.25) is 5.02 Å². The van der Waals surface area contributed by atoms with Gasteiger partial charge in [-0.15, -0.1) is 0 Å². The number of hydrogen-bond donors (Lipinski definition) is 1. The summed E-state index contributed by atoms with van der Waals surface area (Å²) in [6.45, 7) is -0.790. The second-order valence-electron chi connectivity index (χ2n) is 7.15. The minimum absolute atomic E-state index is 0.159. The third-order valence-corrected chi connectivity index (χ3v) is 5.15. The second kappa shape index (κ2) is 8.35. The van der Waals surface area contributed by atoms with Crippen LogP contribution in [0.3, 0.4) is 0 Å². The van der Waals surface area contributed by atoms with Gasteiger partial charge in [0.05, 0.1) is 12.6 Å². The van der Waals surface area contributed by atoms with E-state index in [1.807, 2.05) is 6.07 Å². The van der Waals surface area contributed by atoms with Gasteiger partial charge in [-0.05, 0) is 12.1 Å². The molecule has 2 aliphatic heterocycles. The monoisotopic (exact) mass is 445 g/mol. The number of nitrogens with one attached hydrogen (secondary N) is 1. The number of carbonyl (C=O) groups is 1. The van der Waals surface area contributed by atoms with Gasteiger partial charge in [0.25, 0.3) is 5.91 Å². The quantitative estimate of drug-likeness (QED) is 0.766. The minimum atomic E-state index is -4.38. The van der Waals surface area contributed by atoms with Crippen molar-refractivity contribution in [2.24, 2.45) is 0 Å². The summed E-state index contributed by atoms with van der Waals surface area (Å²) in [5.41, 5.74) is 0.997. The topological polar surface area (TPSA) is 74.6 Å². The normalized spacial score (nSPS) is 20.5. The maximum atomic E-state index is 12.6. The molecule has 2 aromatic rings. The SMILES string of the molecule is O=C(N[C@H]1COc2cccc(Cl)c2C1)c1cc2n(n1)CCC(COCC(F)(F)F)O2. The standard InChI is InChI=1S/C19H19ClF3N3O4/c20-14-2-1-3-16-13(14)6-11(8-29-16)24-18(27)15-7-17-26(25-15)5-4-12(30-17)9-28-10-19(21,22)23/h1-3,7,11-12H,4-6,8-10H2,(H,24,27)/t11-,12?/m1/s1. The fourth-order valence-corrected chi connectivity index (χ4v) is 3.65. The largest absolute Gasteiger partial charge is 0.491 e. The molecule has 0 radical (unpaired) electrons. The van der Waals surface area contributed by atoms with Crippen molar-refractivity contribution >= 4 is 17.5 Å². The van der Waals surface area contributed by atoms with Gasteiger partial charge in [-0.1, -0.05) is 17.7 Å².